The van der Waals surface area contributed by atoms with Crippen LogP contribution in [0.1, 0.15) is 210 Å². The molecule has 26 heteroatoms. The van der Waals surface area contributed by atoms with Gasteiger partial charge in [0.05, 0.1) is 51.8 Å². The molecule has 12 aliphatic carbocycles. The van der Waals surface area contributed by atoms with Crippen LogP contribution in [-0.4, -0.2) is 80.3 Å². The summed E-state index contributed by atoms with van der Waals surface area (Å²) in [5.74, 6) is -17.0. The Bertz CT molecular complexity index is 5040. The first-order chi connectivity index (χ1) is 62.6. The van der Waals surface area contributed by atoms with E-state index in [4.69, 9.17) is 14.2 Å². The Morgan fingerprint density at radius 3 is 0.714 bits per heavy atom. The summed E-state index contributed by atoms with van der Waals surface area (Å²) in [6.07, 6.45) is 9.80. The number of esters is 4. The molecule has 12 aliphatic rings. The van der Waals surface area contributed by atoms with Gasteiger partial charge >= 0.3 is 71.2 Å². The summed E-state index contributed by atoms with van der Waals surface area (Å²) in [6.45, 7) is 14.9. The number of carbonyl (C=O) groups excluding carboxylic acids is 6. The molecule has 0 amide bonds. The zero-order valence-electron chi connectivity index (χ0n) is 76.7. The summed E-state index contributed by atoms with van der Waals surface area (Å²) in [7, 11) is -3.70. The fourth-order valence-electron chi connectivity index (χ4n) is 22.5. The summed E-state index contributed by atoms with van der Waals surface area (Å²) in [5.41, 5.74) is 1.02. The molecule has 0 aromatic heterocycles. The van der Waals surface area contributed by atoms with Crippen molar-refractivity contribution in [2.24, 2.45) is 69.5 Å². The first-order valence-electron chi connectivity index (χ1n) is 45.5. The molecule has 9 aromatic carbocycles. The van der Waals surface area contributed by atoms with Crippen molar-refractivity contribution in [3.8, 4) is 0 Å². The maximum atomic E-state index is 14.9. The van der Waals surface area contributed by atoms with E-state index in [0.29, 0.717) is 111 Å². The average molecular weight is 1890 g/mol. The van der Waals surface area contributed by atoms with E-state index >= 15 is 0 Å². The first kappa shape index (κ1) is 103. The smallest absolute Gasteiger partial charge is 0.726 e. The molecule has 16 nitrogen and oxygen atoms in total. The maximum absolute atomic E-state index is 14.9. The minimum Gasteiger partial charge on any atom is -0.726 e. The first-order valence-corrected chi connectivity index (χ1v) is 49.3. The topological polar surface area (TPSA) is 252 Å². The summed E-state index contributed by atoms with van der Waals surface area (Å²) >= 11 is 0. The largest absolute Gasteiger partial charge is 1.00 e. The van der Waals surface area contributed by atoms with Crippen LogP contribution in [0.5, 0.6) is 0 Å². The van der Waals surface area contributed by atoms with Crippen molar-refractivity contribution in [2.45, 2.75) is 240 Å². The van der Waals surface area contributed by atoms with E-state index in [1.165, 1.54) is 108 Å². The maximum Gasteiger partial charge on any atom is 1.00 e. The van der Waals surface area contributed by atoms with Gasteiger partial charge < -0.3 is 43.3 Å². The Labute approximate surface area is 805 Å². The zero-order valence-corrected chi connectivity index (χ0v) is 81.2. The van der Waals surface area contributed by atoms with Crippen LogP contribution < -0.4 is 39.8 Å². The number of aliphatic carboxylic acids is 2. The molecular formula is C107H117F6NaO16S3. The fourth-order valence-corrected chi connectivity index (χ4v) is 26.7. The van der Waals surface area contributed by atoms with Gasteiger partial charge in [0.15, 0.2) is 41.6 Å². The van der Waals surface area contributed by atoms with E-state index in [1.807, 2.05) is 0 Å². The number of hydrogen-bond acceptors (Lipinski definition) is 16. The number of carboxylic acid groups (broad SMARTS) is 2. The molecule has 133 heavy (non-hydrogen) atoms. The molecule has 21 rings (SSSR count). The summed E-state index contributed by atoms with van der Waals surface area (Å²) < 4.78 is 139. The van der Waals surface area contributed by atoms with E-state index in [1.54, 1.807) is 30.3 Å². The molecule has 3 atom stereocenters. The fraction of sp³-hybridized carbons (Fsp3) is 0.439. The van der Waals surface area contributed by atoms with Gasteiger partial charge in [-0.3, -0.25) is 18.6 Å². The van der Waals surface area contributed by atoms with Crippen molar-refractivity contribution < 1.29 is 131 Å². The van der Waals surface area contributed by atoms with Crippen LogP contribution in [0.25, 0.3) is 0 Å². The third-order valence-corrected chi connectivity index (χ3v) is 32.4. The van der Waals surface area contributed by atoms with Crippen molar-refractivity contribution in [3.05, 3.63) is 289 Å². The van der Waals surface area contributed by atoms with E-state index in [-0.39, 0.29) is 85.5 Å². The summed E-state index contributed by atoms with van der Waals surface area (Å²) in [4.78, 5) is 81.3. The average Bonchev–Trinajstić information content (AvgIpc) is 0.743. The second-order valence-electron chi connectivity index (χ2n) is 39.3. The Morgan fingerprint density at radius 1 is 0.346 bits per heavy atom. The van der Waals surface area contributed by atoms with Gasteiger partial charge in [-0.2, -0.15) is 26.3 Å². The predicted octanol–water partition coefficient (Wildman–Crippen LogP) is 18.7. The molecule has 0 heterocycles. The van der Waals surface area contributed by atoms with Crippen LogP contribution in [0.4, 0.5) is 26.3 Å². The number of carboxylic acids is 2. The summed E-state index contributed by atoms with van der Waals surface area (Å²) in [6, 6.07) is 83.9. The van der Waals surface area contributed by atoms with E-state index in [9.17, 15) is 78.3 Å². The Hall–Kier alpha value is -9.05. The SMILES string of the molecule is CC(C)(C)c1ccc([S+](c2ccccc2)c2ccccc2)cc1.CC(C)(C)c1ccc([S+](c2ccccc2)c2ccccc2)cc1.CCOC(=O)C(F)(F)C(OC(=O)C12CC3CC(CC(C3)C1)C2)c1ccccc1.COS(=O)(=O)[O-].O=C(OC(c1ccccc1)C(F)(F)C(=O)[O-])C12CC3CC(CC(C3)C1)C2.O=C(OC(c1ccccc1)C(F)(F)C(=O)[O-])C12CC3CC(CC(C3)C1)C2.[Na+]. The van der Waals surface area contributed by atoms with E-state index in [2.05, 4.69) is 220 Å². The van der Waals surface area contributed by atoms with Gasteiger partial charge in [-0.05, 0) is 287 Å². The third kappa shape index (κ3) is 25.1. The second kappa shape index (κ2) is 43.5. The van der Waals surface area contributed by atoms with Gasteiger partial charge in [0.1, 0.15) is 11.9 Å². The van der Waals surface area contributed by atoms with E-state index < -0.39 is 98.5 Å². The number of hydrogen-bond donors (Lipinski definition) is 0. The van der Waals surface area contributed by atoms with Crippen LogP contribution >= 0.6 is 0 Å². The zero-order chi connectivity index (χ0) is 94.8. The molecule has 0 spiro atoms. The number of benzene rings is 9. The monoisotopic (exact) mass is 1890 g/mol. The van der Waals surface area contributed by atoms with Gasteiger partial charge in [0, 0.05) is 0 Å². The molecule has 0 radical (unpaired) electrons. The molecule has 702 valence electrons. The van der Waals surface area contributed by atoms with Crippen LogP contribution in [0, 0.1) is 69.5 Å². The van der Waals surface area contributed by atoms with Gasteiger partial charge in [-0.15, -0.1) is 0 Å². The van der Waals surface area contributed by atoms with Crippen molar-refractivity contribution >= 4 is 68.0 Å². The number of carbonyl (C=O) groups is 6. The number of rotatable bonds is 23. The molecule has 3 unspecified atom stereocenters. The van der Waals surface area contributed by atoms with Gasteiger partial charge in [-0.1, -0.05) is 230 Å². The summed E-state index contributed by atoms with van der Waals surface area (Å²) in [5, 5.41) is 22.0. The Morgan fingerprint density at radius 2 is 0.534 bits per heavy atom. The standard InChI is InChI=1S/C22H26F2O4.2C22H23S.2C20H22F2O4.CH4O4S.Na/c1-2-27-20(26)22(23,24)18(17-6-4-3-5-7-17)28-19(25)21-11-14-8-15(12-21)10-16(9-14)13-21;2*1-22(2,3)18-14-16-21(17-15-18)23(19-10-6-4-7-11-19)20-12-8-5-9-13-20;2*21-20(22,17(23)24)16(15-4-2-1-3-5-15)26-18(25)19-9-12-6-13(10-19)8-14(7-12)11-19;1-5-6(2,3)4;/h3-7,14-16,18H,2,8-13H2,1H3;2*4-17H,1-3H3;2*1-5,12-14,16H,6-11H2,(H,23,24);1H3,(H,2,3,4);/q;2*+1;;;;+1/p-3. The number of ether oxygens (including phenoxy) is 4. The molecule has 0 aliphatic heterocycles. The van der Waals surface area contributed by atoms with E-state index in [0.717, 1.165) is 64.9 Å². The minimum atomic E-state index is -4.41. The van der Waals surface area contributed by atoms with Gasteiger partial charge in [0.2, 0.25) is 16.5 Å². The van der Waals surface area contributed by atoms with Crippen molar-refractivity contribution in [1.29, 1.82) is 0 Å². The van der Waals surface area contributed by atoms with Gasteiger partial charge in [-0.25, -0.2) is 13.2 Å². The molecular weight excluding hydrogens is 1770 g/mol. The minimum absolute atomic E-state index is 0. The Balaban J connectivity index is 0.000000147. The third-order valence-electron chi connectivity index (χ3n) is 27.5. The number of alkyl halides is 6. The molecule has 12 bridgehead atoms. The van der Waals surface area contributed by atoms with Crippen LogP contribution in [0.15, 0.2) is 290 Å². The molecule has 0 saturated heterocycles. The normalized spacial score (nSPS) is 24.5. The Kier molecular flexibility index (Phi) is 33.7. The van der Waals surface area contributed by atoms with Crippen molar-refractivity contribution in [2.75, 3.05) is 13.7 Å². The predicted molar refractivity (Wildman–Crippen MR) is 486 cm³/mol. The van der Waals surface area contributed by atoms with Crippen LogP contribution in [0.2, 0.25) is 0 Å². The second-order valence-corrected chi connectivity index (χ2v) is 44.5. The molecule has 12 saturated carbocycles. The van der Waals surface area contributed by atoms with Crippen LogP contribution in [0.3, 0.4) is 0 Å². The van der Waals surface area contributed by atoms with Crippen molar-refractivity contribution in [1.82, 2.24) is 0 Å². The molecule has 12 fully saturated rings. The van der Waals surface area contributed by atoms with Gasteiger partial charge in [0.25, 0.3) is 0 Å². The molecule has 0 N–H and O–H groups in total. The van der Waals surface area contributed by atoms with Crippen molar-refractivity contribution in [3.63, 3.8) is 0 Å². The number of halogens is 6. The van der Waals surface area contributed by atoms with Crippen LogP contribution in [-0.2, 0) is 94.9 Å². The quantitative estimate of drug-likeness (QED) is 0.0110. The molecule has 9 aromatic rings.